The zero-order valence-corrected chi connectivity index (χ0v) is 16.4. The number of para-hydroxylation sites is 1. The zero-order chi connectivity index (χ0) is 18.7. The van der Waals surface area contributed by atoms with E-state index in [-0.39, 0.29) is 11.8 Å². The SMILES string of the molecule is C=CCN1C(=O)/C(=C\c2csc(N(C(C)=O)c3ccccc3)n2)SC1=S. The van der Waals surface area contributed by atoms with E-state index in [2.05, 4.69) is 11.6 Å². The standard InChI is InChI=1S/C18H15N3O2S3/c1-3-9-20-16(23)15(26-18(20)24)10-13-11-25-17(19-13)21(12(2)22)14-7-5-4-6-8-14/h3-8,10-11H,1,9H2,2H3/b15-10+. The second-order valence-corrected chi connectivity index (χ2v) is 7.84. The number of thiocarbonyl (C=S) groups is 1. The molecule has 0 bridgehead atoms. The van der Waals surface area contributed by atoms with Crippen LogP contribution in [0.4, 0.5) is 10.8 Å². The van der Waals surface area contributed by atoms with Gasteiger partial charge in [0.25, 0.3) is 5.91 Å². The van der Waals surface area contributed by atoms with Crippen LogP contribution in [-0.4, -0.2) is 32.6 Å². The fourth-order valence-electron chi connectivity index (χ4n) is 2.37. The summed E-state index contributed by atoms with van der Waals surface area (Å²) >= 11 is 7.82. The van der Waals surface area contributed by atoms with Gasteiger partial charge in [0, 0.05) is 18.8 Å². The third kappa shape index (κ3) is 3.77. The summed E-state index contributed by atoms with van der Waals surface area (Å²) in [6, 6.07) is 9.32. The average Bonchev–Trinajstić information content (AvgIpc) is 3.16. The van der Waals surface area contributed by atoms with E-state index in [1.807, 2.05) is 35.7 Å². The Balaban J connectivity index is 1.88. The van der Waals surface area contributed by atoms with Gasteiger partial charge in [-0.3, -0.25) is 19.4 Å². The first kappa shape index (κ1) is 18.5. The molecule has 0 radical (unpaired) electrons. The molecule has 8 heteroatoms. The smallest absolute Gasteiger partial charge is 0.266 e. The Kier molecular flexibility index (Phi) is 5.65. The number of benzene rings is 1. The highest BCUT2D eigenvalue weighted by Gasteiger charge is 2.31. The molecule has 1 aromatic heterocycles. The summed E-state index contributed by atoms with van der Waals surface area (Å²) < 4.78 is 0.506. The molecule has 1 aliphatic rings. The monoisotopic (exact) mass is 401 g/mol. The fourth-order valence-corrected chi connectivity index (χ4v) is 4.47. The zero-order valence-electron chi connectivity index (χ0n) is 13.9. The van der Waals surface area contributed by atoms with Crippen LogP contribution in [0.5, 0.6) is 0 Å². The van der Waals surface area contributed by atoms with Gasteiger partial charge in [-0.25, -0.2) is 4.98 Å². The second-order valence-electron chi connectivity index (χ2n) is 5.33. The molecular formula is C18H15N3O2S3. The number of thiazole rings is 1. The number of amides is 2. The minimum Gasteiger partial charge on any atom is -0.289 e. The number of rotatable bonds is 5. The van der Waals surface area contributed by atoms with E-state index in [1.165, 1.54) is 34.9 Å². The van der Waals surface area contributed by atoms with E-state index in [0.29, 0.717) is 26.6 Å². The lowest BCUT2D eigenvalue weighted by atomic mass is 10.3. The van der Waals surface area contributed by atoms with Crippen LogP contribution in [0.3, 0.4) is 0 Å². The maximum atomic E-state index is 12.4. The quantitative estimate of drug-likeness (QED) is 0.427. The molecule has 2 aromatic rings. The van der Waals surface area contributed by atoms with Gasteiger partial charge in [0.15, 0.2) is 5.13 Å². The Labute approximate surface area is 165 Å². The summed E-state index contributed by atoms with van der Waals surface area (Å²) in [6.07, 6.45) is 3.34. The predicted molar refractivity (Wildman–Crippen MR) is 111 cm³/mol. The summed E-state index contributed by atoms with van der Waals surface area (Å²) in [5.41, 5.74) is 1.37. The van der Waals surface area contributed by atoms with Crippen LogP contribution >= 0.6 is 35.3 Å². The first-order valence-electron chi connectivity index (χ1n) is 7.69. The number of carbonyl (C=O) groups excluding carboxylic acids is 2. The van der Waals surface area contributed by atoms with Crippen molar-refractivity contribution in [2.24, 2.45) is 0 Å². The van der Waals surface area contributed by atoms with E-state index < -0.39 is 0 Å². The average molecular weight is 402 g/mol. The third-order valence-corrected chi connectivity index (χ3v) is 5.72. The van der Waals surface area contributed by atoms with Gasteiger partial charge >= 0.3 is 0 Å². The Hall–Kier alpha value is -2.29. The molecule has 1 saturated heterocycles. The highest BCUT2D eigenvalue weighted by molar-refractivity contribution is 8.26. The van der Waals surface area contributed by atoms with Gasteiger partial charge in [0.05, 0.1) is 16.3 Å². The summed E-state index contributed by atoms with van der Waals surface area (Å²) in [5, 5.41) is 2.37. The molecule has 0 atom stereocenters. The van der Waals surface area contributed by atoms with Gasteiger partial charge in [-0.05, 0) is 18.2 Å². The summed E-state index contributed by atoms with van der Waals surface area (Å²) in [4.78, 5) is 32.6. The van der Waals surface area contributed by atoms with Crippen molar-refractivity contribution in [2.75, 3.05) is 11.4 Å². The number of nitrogens with zero attached hydrogens (tertiary/aromatic N) is 3. The Morgan fingerprint density at radius 2 is 2.12 bits per heavy atom. The second kappa shape index (κ2) is 7.94. The minimum atomic E-state index is -0.152. The minimum absolute atomic E-state index is 0.130. The topological polar surface area (TPSA) is 53.5 Å². The van der Waals surface area contributed by atoms with Crippen molar-refractivity contribution < 1.29 is 9.59 Å². The van der Waals surface area contributed by atoms with Gasteiger partial charge in [0.2, 0.25) is 5.91 Å². The predicted octanol–water partition coefficient (Wildman–Crippen LogP) is 4.21. The van der Waals surface area contributed by atoms with Crippen LogP contribution in [0.25, 0.3) is 6.08 Å². The van der Waals surface area contributed by atoms with Crippen LogP contribution in [0.1, 0.15) is 12.6 Å². The highest BCUT2D eigenvalue weighted by atomic mass is 32.2. The molecule has 0 N–H and O–H groups in total. The lowest BCUT2D eigenvalue weighted by Crippen LogP contribution is -2.27. The lowest BCUT2D eigenvalue weighted by molar-refractivity contribution is -0.121. The summed E-state index contributed by atoms with van der Waals surface area (Å²) in [6.45, 7) is 5.52. The van der Waals surface area contributed by atoms with Crippen molar-refractivity contribution in [3.63, 3.8) is 0 Å². The number of anilines is 2. The van der Waals surface area contributed by atoms with Crippen molar-refractivity contribution in [2.45, 2.75) is 6.92 Å². The van der Waals surface area contributed by atoms with Crippen molar-refractivity contribution in [3.05, 3.63) is 59.0 Å². The van der Waals surface area contributed by atoms with Crippen LogP contribution < -0.4 is 4.90 Å². The first-order chi connectivity index (χ1) is 12.5. The summed E-state index contributed by atoms with van der Waals surface area (Å²) in [7, 11) is 0. The molecule has 2 amide bonds. The molecule has 1 aliphatic heterocycles. The Morgan fingerprint density at radius 3 is 2.77 bits per heavy atom. The van der Waals surface area contributed by atoms with Crippen molar-refractivity contribution in [3.8, 4) is 0 Å². The molecule has 132 valence electrons. The van der Waals surface area contributed by atoms with Gasteiger partial charge < -0.3 is 0 Å². The van der Waals surface area contributed by atoms with Gasteiger partial charge in [-0.2, -0.15) is 0 Å². The van der Waals surface area contributed by atoms with E-state index >= 15 is 0 Å². The van der Waals surface area contributed by atoms with Crippen molar-refractivity contribution >= 4 is 68.3 Å². The molecule has 1 aromatic carbocycles. The molecule has 0 aliphatic carbocycles. The molecular weight excluding hydrogens is 386 g/mol. The van der Waals surface area contributed by atoms with Gasteiger partial charge in [0.1, 0.15) is 4.32 Å². The summed E-state index contributed by atoms with van der Waals surface area (Å²) in [5.74, 6) is -0.282. The van der Waals surface area contributed by atoms with Crippen LogP contribution in [0.2, 0.25) is 0 Å². The van der Waals surface area contributed by atoms with Crippen LogP contribution in [-0.2, 0) is 9.59 Å². The molecule has 1 fully saturated rings. The fraction of sp³-hybridized carbons (Fsp3) is 0.111. The molecule has 3 rings (SSSR count). The molecule has 2 heterocycles. The Morgan fingerprint density at radius 1 is 1.38 bits per heavy atom. The van der Waals surface area contributed by atoms with Crippen molar-refractivity contribution in [1.29, 1.82) is 0 Å². The van der Waals surface area contributed by atoms with Gasteiger partial charge in [-0.15, -0.1) is 17.9 Å². The number of carbonyl (C=O) groups is 2. The van der Waals surface area contributed by atoms with Gasteiger partial charge in [-0.1, -0.05) is 48.3 Å². The third-order valence-electron chi connectivity index (χ3n) is 3.49. The van der Waals surface area contributed by atoms with E-state index in [0.717, 1.165) is 5.69 Å². The number of hydrogen-bond donors (Lipinski definition) is 0. The lowest BCUT2D eigenvalue weighted by Gasteiger charge is -2.17. The largest absolute Gasteiger partial charge is 0.289 e. The van der Waals surface area contributed by atoms with E-state index in [4.69, 9.17) is 12.2 Å². The first-order valence-corrected chi connectivity index (χ1v) is 9.79. The van der Waals surface area contributed by atoms with E-state index in [1.54, 1.807) is 17.1 Å². The molecule has 0 spiro atoms. The molecule has 0 unspecified atom stereocenters. The molecule has 26 heavy (non-hydrogen) atoms. The number of aromatic nitrogens is 1. The normalized spacial score (nSPS) is 15.6. The maximum absolute atomic E-state index is 12.4. The van der Waals surface area contributed by atoms with E-state index in [9.17, 15) is 9.59 Å². The van der Waals surface area contributed by atoms with Crippen LogP contribution in [0.15, 0.2) is 53.3 Å². The Bertz CT molecular complexity index is 905. The highest BCUT2D eigenvalue weighted by Crippen LogP contribution is 2.34. The molecule has 0 saturated carbocycles. The maximum Gasteiger partial charge on any atom is 0.266 e. The van der Waals surface area contributed by atoms with Crippen LogP contribution in [0, 0.1) is 0 Å². The number of hydrogen-bond acceptors (Lipinski definition) is 6. The number of thioether (sulfide) groups is 1. The molecule has 5 nitrogen and oxygen atoms in total. The van der Waals surface area contributed by atoms with Crippen molar-refractivity contribution in [1.82, 2.24) is 9.88 Å².